The standard InChI is InChI=1S/C15H18N2/c1-2-17-9-7-12(8-10-17)14-11-16-15-6-4-3-5-13(14)15/h3-7,11,16H,2,8-10H2,1H3. The number of aromatic nitrogens is 1. The zero-order chi connectivity index (χ0) is 11.7. The van der Waals surface area contributed by atoms with E-state index < -0.39 is 0 Å². The van der Waals surface area contributed by atoms with Gasteiger partial charge in [0, 0.05) is 35.8 Å². The van der Waals surface area contributed by atoms with Crippen LogP contribution in [-0.2, 0) is 0 Å². The van der Waals surface area contributed by atoms with Crippen molar-refractivity contribution >= 4 is 16.5 Å². The molecule has 0 saturated heterocycles. The molecule has 1 aromatic carbocycles. The van der Waals surface area contributed by atoms with Gasteiger partial charge in [0.1, 0.15) is 0 Å². The van der Waals surface area contributed by atoms with Crippen LogP contribution in [0.25, 0.3) is 16.5 Å². The van der Waals surface area contributed by atoms with E-state index in [1.54, 1.807) is 0 Å². The van der Waals surface area contributed by atoms with E-state index in [0.29, 0.717) is 0 Å². The van der Waals surface area contributed by atoms with Crippen LogP contribution in [0.2, 0.25) is 0 Å². The number of nitrogens with zero attached hydrogens (tertiary/aromatic N) is 1. The first kappa shape index (κ1) is 10.6. The van der Waals surface area contributed by atoms with Gasteiger partial charge in [-0.2, -0.15) is 0 Å². The molecule has 0 fully saturated rings. The normalized spacial score (nSPS) is 17.4. The van der Waals surface area contributed by atoms with Gasteiger partial charge < -0.3 is 4.98 Å². The van der Waals surface area contributed by atoms with Crippen molar-refractivity contribution in [1.29, 1.82) is 0 Å². The Morgan fingerprint density at radius 2 is 2.18 bits per heavy atom. The van der Waals surface area contributed by atoms with Gasteiger partial charge in [-0.15, -0.1) is 0 Å². The highest BCUT2D eigenvalue weighted by molar-refractivity contribution is 5.92. The van der Waals surface area contributed by atoms with Crippen LogP contribution in [0.1, 0.15) is 18.9 Å². The molecule has 3 rings (SSSR count). The van der Waals surface area contributed by atoms with Gasteiger partial charge in [0.25, 0.3) is 0 Å². The van der Waals surface area contributed by atoms with E-state index in [2.05, 4.69) is 53.3 Å². The van der Waals surface area contributed by atoms with Crippen molar-refractivity contribution in [2.75, 3.05) is 19.6 Å². The molecule has 1 N–H and O–H groups in total. The van der Waals surface area contributed by atoms with E-state index in [4.69, 9.17) is 0 Å². The Morgan fingerprint density at radius 3 is 2.94 bits per heavy atom. The summed E-state index contributed by atoms with van der Waals surface area (Å²) in [5.41, 5.74) is 4.12. The highest BCUT2D eigenvalue weighted by Crippen LogP contribution is 2.28. The third-order valence-corrected chi connectivity index (χ3v) is 3.68. The first-order chi connectivity index (χ1) is 8.38. The fourth-order valence-electron chi connectivity index (χ4n) is 2.58. The van der Waals surface area contributed by atoms with Crippen LogP contribution in [-0.4, -0.2) is 29.5 Å². The molecule has 0 spiro atoms. The smallest absolute Gasteiger partial charge is 0.0460 e. The molecule has 0 aliphatic carbocycles. The molecule has 88 valence electrons. The molecule has 1 aromatic heterocycles. The summed E-state index contributed by atoms with van der Waals surface area (Å²) in [5, 5.41) is 1.35. The number of nitrogens with one attached hydrogen (secondary N) is 1. The lowest BCUT2D eigenvalue weighted by Gasteiger charge is -2.24. The maximum absolute atomic E-state index is 3.36. The number of fused-ring (bicyclic) bond motifs is 1. The molecule has 0 amide bonds. The molecule has 0 unspecified atom stereocenters. The van der Waals surface area contributed by atoms with E-state index >= 15 is 0 Å². The number of aromatic amines is 1. The molecule has 17 heavy (non-hydrogen) atoms. The largest absolute Gasteiger partial charge is 0.361 e. The number of hydrogen-bond acceptors (Lipinski definition) is 1. The minimum atomic E-state index is 1.09. The predicted octanol–water partition coefficient (Wildman–Crippen LogP) is 3.28. The molecule has 2 nitrogen and oxygen atoms in total. The SMILES string of the molecule is CCN1CC=C(c2c[nH]c3ccccc23)CC1. The Balaban J connectivity index is 1.97. The maximum atomic E-state index is 3.36. The lowest BCUT2D eigenvalue weighted by Crippen LogP contribution is -2.27. The van der Waals surface area contributed by atoms with Gasteiger partial charge in [-0.1, -0.05) is 31.2 Å². The molecule has 1 aliphatic heterocycles. The number of rotatable bonds is 2. The first-order valence-electron chi connectivity index (χ1n) is 6.36. The summed E-state index contributed by atoms with van der Waals surface area (Å²) in [7, 11) is 0. The monoisotopic (exact) mass is 226 g/mol. The van der Waals surface area contributed by atoms with Crippen molar-refractivity contribution in [3.63, 3.8) is 0 Å². The van der Waals surface area contributed by atoms with Crippen LogP contribution in [0.3, 0.4) is 0 Å². The van der Waals surface area contributed by atoms with Crippen molar-refractivity contribution in [1.82, 2.24) is 9.88 Å². The van der Waals surface area contributed by atoms with Crippen LogP contribution in [0.4, 0.5) is 0 Å². The summed E-state index contributed by atoms with van der Waals surface area (Å²) < 4.78 is 0. The van der Waals surface area contributed by atoms with E-state index in [-0.39, 0.29) is 0 Å². The maximum Gasteiger partial charge on any atom is 0.0460 e. The summed E-state index contributed by atoms with van der Waals surface area (Å²) in [4.78, 5) is 5.83. The topological polar surface area (TPSA) is 19.0 Å². The Labute approximate surface area is 102 Å². The second-order valence-electron chi connectivity index (χ2n) is 4.62. The quantitative estimate of drug-likeness (QED) is 0.832. The lowest BCUT2D eigenvalue weighted by atomic mass is 9.99. The van der Waals surface area contributed by atoms with Crippen LogP contribution in [0, 0.1) is 0 Å². The van der Waals surface area contributed by atoms with Gasteiger partial charge in [0.15, 0.2) is 0 Å². The third kappa shape index (κ3) is 1.89. The fraction of sp³-hybridized carbons (Fsp3) is 0.333. The average Bonchev–Trinajstić information content (AvgIpc) is 2.83. The zero-order valence-corrected chi connectivity index (χ0v) is 10.2. The van der Waals surface area contributed by atoms with E-state index in [1.807, 2.05) is 0 Å². The third-order valence-electron chi connectivity index (χ3n) is 3.68. The first-order valence-corrected chi connectivity index (χ1v) is 6.36. The van der Waals surface area contributed by atoms with Gasteiger partial charge in [-0.25, -0.2) is 0 Å². The molecule has 0 saturated carbocycles. The van der Waals surface area contributed by atoms with E-state index in [1.165, 1.54) is 28.6 Å². The van der Waals surface area contributed by atoms with Crippen LogP contribution in [0.5, 0.6) is 0 Å². The van der Waals surface area contributed by atoms with Crippen LogP contribution >= 0.6 is 0 Å². The highest BCUT2D eigenvalue weighted by atomic mass is 15.1. The minimum Gasteiger partial charge on any atom is -0.361 e. The molecule has 0 atom stereocenters. The van der Waals surface area contributed by atoms with Crippen LogP contribution in [0.15, 0.2) is 36.5 Å². The van der Waals surface area contributed by atoms with Gasteiger partial charge in [-0.05, 0) is 24.6 Å². The summed E-state index contributed by atoms with van der Waals surface area (Å²) >= 11 is 0. The molecule has 2 heteroatoms. The van der Waals surface area contributed by atoms with Crippen molar-refractivity contribution in [2.45, 2.75) is 13.3 Å². The summed E-state index contributed by atoms with van der Waals surface area (Å²) in [5.74, 6) is 0. The number of hydrogen-bond donors (Lipinski definition) is 1. The fourth-order valence-corrected chi connectivity index (χ4v) is 2.58. The number of para-hydroxylation sites is 1. The number of H-pyrrole nitrogens is 1. The van der Waals surface area contributed by atoms with Crippen molar-refractivity contribution < 1.29 is 0 Å². The number of likely N-dealkylation sites (N-methyl/N-ethyl adjacent to an activating group) is 1. The van der Waals surface area contributed by atoms with Crippen molar-refractivity contribution in [3.8, 4) is 0 Å². The molecular formula is C15H18N2. The van der Waals surface area contributed by atoms with E-state index in [0.717, 1.165) is 19.5 Å². The Kier molecular flexibility index (Phi) is 2.73. The van der Waals surface area contributed by atoms with Crippen LogP contribution < -0.4 is 0 Å². The van der Waals surface area contributed by atoms with Crippen molar-refractivity contribution in [3.05, 3.63) is 42.1 Å². The van der Waals surface area contributed by atoms with Gasteiger partial charge in [0.2, 0.25) is 0 Å². The van der Waals surface area contributed by atoms with Gasteiger partial charge in [0.05, 0.1) is 0 Å². The second-order valence-corrected chi connectivity index (χ2v) is 4.62. The average molecular weight is 226 g/mol. The highest BCUT2D eigenvalue weighted by Gasteiger charge is 2.13. The molecular weight excluding hydrogens is 208 g/mol. The molecule has 1 aliphatic rings. The summed E-state index contributed by atoms with van der Waals surface area (Å²) in [6.07, 6.45) is 5.69. The summed E-state index contributed by atoms with van der Waals surface area (Å²) in [6, 6.07) is 8.53. The molecule has 2 heterocycles. The van der Waals surface area contributed by atoms with Crippen molar-refractivity contribution in [2.24, 2.45) is 0 Å². The molecule has 2 aromatic rings. The zero-order valence-electron chi connectivity index (χ0n) is 10.2. The second kappa shape index (κ2) is 4.38. The Hall–Kier alpha value is -1.54. The molecule has 0 bridgehead atoms. The molecule has 0 radical (unpaired) electrons. The number of benzene rings is 1. The lowest BCUT2D eigenvalue weighted by molar-refractivity contribution is 0.319. The van der Waals surface area contributed by atoms with E-state index in [9.17, 15) is 0 Å². The predicted molar refractivity (Wildman–Crippen MR) is 73.0 cm³/mol. The Bertz CT molecular complexity index is 551. The van der Waals surface area contributed by atoms with Gasteiger partial charge in [-0.3, -0.25) is 4.90 Å². The minimum absolute atomic E-state index is 1.09. The van der Waals surface area contributed by atoms with Gasteiger partial charge >= 0.3 is 0 Å². The summed E-state index contributed by atoms with van der Waals surface area (Å²) in [6.45, 7) is 5.65. The Morgan fingerprint density at radius 1 is 1.29 bits per heavy atom.